The van der Waals surface area contributed by atoms with Crippen molar-refractivity contribution < 1.29 is 22.7 Å². The SMILES string of the molecule is COc1ccc(S(=O)(=O)N(N)C(=O)CC2(CC(C)C)C(=O)N(CCc3ccccc3)CC2C)cc1. The minimum absolute atomic E-state index is 0.113. The van der Waals surface area contributed by atoms with Crippen LogP contribution in [0.1, 0.15) is 39.2 Å². The molecule has 0 aromatic heterocycles. The lowest BCUT2D eigenvalue weighted by molar-refractivity contribution is -0.143. The summed E-state index contributed by atoms with van der Waals surface area (Å²) in [5, 5.41) is 0. The molecular weight excluding hydrogens is 466 g/mol. The van der Waals surface area contributed by atoms with Crippen molar-refractivity contribution in [1.29, 1.82) is 0 Å². The van der Waals surface area contributed by atoms with Gasteiger partial charge in [-0.2, -0.15) is 12.8 Å². The first-order valence-corrected chi connectivity index (χ1v) is 13.3. The Hall–Kier alpha value is -2.91. The fourth-order valence-electron chi connectivity index (χ4n) is 4.90. The molecule has 9 heteroatoms. The molecule has 8 nitrogen and oxygen atoms in total. The first-order valence-electron chi connectivity index (χ1n) is 11.8. The number of carbonyl (C=O) groups excluding carboxylic acids is 2. The molecule has 0 spiro atoms. The Morgan fingerprint density at radius 3 is 2.37 bits per heavy atom. The number of ether oxygens (including phenoxy) is 1. The number of likely N-dealkylation sites (tertiary alicyclic amines) is 1. The molecule has 1 aliphatic rings. The Morgan fingerprint density at radius 2 is 1.80 bits per heavy atom. The van der Waals surface area contributed by atoms with Crippen molar-refractivity contribution >= 4 is 21.8 Å². The van der Waals surface area contributed by atoms with E-state index in [1.807, 2.05) is 51.1 Å². The van der Waals surface area contributed by atoms with Crippen LogP contribution < -0.4 is 10.6 Å². The Morgan fingerprint density at radius 1 is 1.17 bits per heavy atom. The number of hydrazine groups is 1. The molecule has 2 atom stereocenters. The summed E-state index contributed by atoms with van der Waals surface area (Å²) in [5.74, 6) is 5.44. The molecule has 0 bridgehead atoms. The largest absolute Gasteiger partial charge is 0.497 e. The van der Waals surface area contributed by atoms with Gasteiger partial charge in [-0.3, -0.25) is 9.59 Å². The summed E-state index contributed by atoms with van der Waals surface area (Å²) in [4.78, 5) is 28.6. The Bertz CT molecular complexity index is 1140. The third kappa shape index (κ3) is 5.67. The number of carbonyl (C=O) groups is 2. The van der Waals surface area contributed by atoms with Gasteiger partial charge in [0.05, 0.1) is 17.4 Å². The van der Waals surface area contributed by atoms with Crippen LogP contribution in [0.2, 0.25) is 0 Å². The van der Waals surface area contributed by atoms with Crippen LogP contribution in [-0.2, 0) is 26.0 Å². The van der Waals surface area contributed by atoms with E-state index in [0.29, 0.717) is 31.7 Å². The van der Waals surface area contributed by atoms with Crippen LogP contribution >= 0.6 is 0 Å². The van der Waals surface area contributed by atoms with E-state index in [1.54, 1.807) is 4.90 Å². The van der Waals surface area contributed by atoms with Crippen LogP contribution in [0.25, 0.3) is 0 Å². The zero-order valence-electron chi connectivity index (χ0n) is 20.8. The molecule has 0 saturated carbocycles. The van der Waals surface area contributed by atoms with Crippen LogP contribution in [0, 0.1) is 17.3 Å². The van der Waals surface area contributed by atoms with E-state index in [0.717, 1.165) is 5.56 Å². The quantitative estimate of drug-likeness (QED) is 0.304. The topological polar surface area (TPSA) is 110 Å². The van der Waals surface area contributed by atoms with Crippen LogP contribution in [-0.4, -0.2) is 49.7 Å². The molecule has 0 aliphatic carbocycles. The predicted molar refractivity (Wildman–Crippen MR) is 134 cm³/mol. The van der Waals surface area contributed by atoms with Crippen molar-refractivity contribution in [2.75, 3.05) is 20.2 Å². The maximum absolute atomic E-state index is 13.7. The lowest BCUT2D eigenvalue weighted by Gasteiger charge is -2.33. The van der Waals surface area contributed by atoms with Gasteiger partial charge in [0.25, 0.3) is 15.9 Å². The zero-order chi connectivity index (χ0) is 25.8. The van der Waals surface area contributed by atoms with Gasteiger partial charge in [-0.15, -0.1) is 0 Å². The van der Waals surface area contributed by atoms with Crippen LogP contribution in [0.15, 0.2) is 59.5 Å². The Balaban J connectivity index is 1.81. The minimum atomic E-state index is -4.27. The molecule has 2 amide bonds. The van der Waals surface area contributed by atoms with Crippen molar-refractivity contribution in [3.05, 3.63) is 60.2 Å². The highest BCUT2D eigenvalue weighted by Crippen LogP contribution is 2.45. The molecule has 35 heavy (non-hydrogen) atoms. The third-order valence-electron chi connectivity index (χ3n) is 6.77. The molecule has 0 radical (unpaired) electrons. The van der Waals surface area contributed by atoms with Crippen molar-refractivity contribution in [2.24, 2.45) is 23.1 Å². The molecule has 1 aliphatic heterocycles. The van der Waals surface area contributed by atoms with Gasteiger partial charge in [0.2, 0.25) is 5.91 Å². The molecule has 3 rings (SSSR count). The maximum Gasteiger partial charge on any atom is 0.280 e. The summed E-state index contributed by atoms with van der Waals surface area (Å²) < 4.78 is 31.4. The molecule has 190 valence electrons. The average Bonchev–Trinajstić information content (AvgIpc) is 3.06. The van der Waals surface area contributed by atoms with Crippen molar-refractivity contribution in [2.45, 2.75) is 44.9 Å². The summed E-state index contributed by atoms with van der Waals surface area (Å²) >= 11 is 0. The second-order valence-electron chi connectivity index (χ2n) is 9.69. The number of hydrogen-bond donors (Lipinski definition) is 1. The van der Waals surface area contributed by atoms with Crippen molar-refractivity contribution in [1.82, 2.24) is 9.31 Å². The third-order valence-corrected chi connectivity index (χ3v) is 8.35. The molecule has 2 unspecified atom stereocenters. The van der Waals surface area contributed by atoms with E-state index in [4.69, 9.17) is 10.6 Å². The smallest absolute Gasteiger partial charge is 0.280 e. The van der Waals surface area contributed by atoms with Crippen molar-refractivity contribution in [3.63, 3.8) is 0 Å². The van der Waals surface area contributed by atoms with E-state index in [9.17, 15) is 18.0 Å². The van der Waals surface area contributed by atoms with Crippen LogP contribution in [0.3, 0.4) is 0 Å². The maximum atomic E-state index is 13.7. The molecule has 1 heterocycles. The Kier molecular flexibility index (Phi) is 8.22. The van der Waals surface area contributed by atoms with Gasteiger partial charge >= 0.3 is 0 Å². The predicted octanol–water partition coefficient (Wildman–Crippen LogP) is 3.23. The fourth-order valence-corrected chi connectivity index (χ4v) is 5.94. The number of rotatable bonds is 10. The van der Waals surface area contributed by atoms with Crippen LogP contribution in [0.5, 0.6) is 5.75 Å². The molecular formula is C26H35N3O5S. The highest BCUT2D eigenvalue weighted by molar-refractivity contribution is 7.89. The fraction of sp³-hybridized carbons (Fsp3) is 0.462. The summed E-state index contributed by atoms with van der Waals surface area (Å²) in [6.45, 7) is 6.99. The summed E-state index contributed by atoms with van der Waals surface area (Å²) in [7, 11) is -2.80. The number of amides is 2. The van der Waals surface area contributed by atoms with Crippen molar-refractivity contribution in [3.8, 4) is 5.75 Å². The minimum Gasteiger partial charge on any atom is -0.497 e. The lowest BCUT2D eigenvalue weighted by atomic mass is 9.70. The summed E-state index contributed by atoms with van der Waals surface area (Å²) in [6, 6.07) is 15.5. The van der Waals surface area contributed by atoms with Gasteiger partial charge in [0.1, 0.15) is 5.75 Å². The number of sulfonamides is 1. The average molecular weight is 502 g/mol. The van der Waals surface area contributed by atoms with Gasteiger partial charge in [-0.1, -0.05) is 51.1 Å². The van der Waals surface area contributed by atoms with Gasteiger partial charge in [0.15, 0.2) is 0 Å². The number of hydrogen-bond acceptors (Lipinski definition) is 6. The highest BCUT2D eigenvalue weighted by atomic mass is 32.2. The molecule has 2 aromatic carbocycles. The van der Waals surface area contributed by atoms with E-state index >= 15 is 0 Å². The number of methoxy groups -OCH3 is 1. The summed E-state index contributed by atoms with van der Waals surface area (Å²) in [5.41, 5.74) is 0.124. The summed E-state index contributed by atoms with van der Waals surface area (Å²) in [6.07, 6.45) is 0.912. The van der Waals surface area contributed by atoms with Gasteiger partial charge in [-0.25, -0.2) is 5.84 Å². The van der Waals surface area contributed by atoms with E-state index in [-0.39, 0.29) is 33.5 Å². The van der Waals surface area contributed by atoms with Gasteiger partial charge in [0, 0.05) is 19.5 Å². The number of benzene rings is 2. The second kappa shape index (κ2) is 10.8. The normalized spacial score (nSPS) is 20.3. The lowest BCUT2D eigenvalue weighted by Crippen LogP contribution is -2.47. The Labute approximate surface area is 208 Å². The first kappa shape index (κ1) is 26.7. The van der Waals surface area contributed by atoms with Gasteiger partial charge < -0.3 is 9.64 Å². The monoisotopic (exact) mass is 501 g/mol. The number of nitrogens with two attached hydrogens (primary N) is 1. The van der Waals surface area contributed by atoms with Gasteiger partial charge in [-0.05, 0) is 54.5 Å². The standard InChI is InChI=1S/C26H35N3O5S/c1-19(2)16-26(20(3)18-28(25(26)31)15-14-21-8-6-5-7-9-21)17-24(30)29(27)35(32,33)23-12-10-22(34-4)11-13-23/h5-13,19-20H,14-18,27H2,1-4H3. The highest BCUT2D eigenvalue weighted by Gasteiger charge is 2.53. The second-order valence-corrected chi connectivity index (χ2v) is 11.5. The van der Waals surface area contributed by atoms with Crippen LogP contribution in [0.4, 0.5) is 0 Å². The first-order chi connectivity index (χ1) is 16.5. The molecule has 2 N–H and O–H groups in total. The molecule has 2 aromatic rings. The number of nitrogens with zero attached hydrogens (tertiary/aromatic N) is 2. The van der Waals surface area contributed by atoms with E-state index in [2.05, 4.69) is 0 Å². The van der Waals surface area contributed by atoms with E-state index in [1.165, 1.54) is 31.4 Å². The van der Waals surface area contributed by atoms with E-state index < -0.39 is 21.3 Å². The molecule has 1 fully saturated rings. The molecule has 1 saturated heterocycles. The zero-order valence-corrected chi connectivity index (χ0v) is 21.6.